The van der Waals surface area contributed by atoms with Crippen LogP contribution < -0.4 is 15.4 Å². The van der Waals surface area contributed by atoms with Crippen LogP contribution in [0.2, 0.25) is 0 Å². The average molecular weight is 528 g/mol. The number of anilines is 2. The minimum absolute atomic E-state index is 0.0555. The lowest BCUT2D eigenvalue weighted by Crippen LogP contribution is -2.41. The number of amidine groups is 1. The highest BCUT2D eigenvalue weighted by Gasteiger charge is 2.35. The third-order valence-corrected chi connectivity index (χ3v) is 6.76. The summed E-state index contributed by atoms with van der Waals surface area (Å²) in [6.45, 7) is 1.83. The second-order valence-electron chi connectivity index (χ2n) is 8.98. The molecule has 0 saturated heterocycles. The lowest BCUT2D eigenvalue weighted by Gasteiger charge is -2.37. The van der Waals surface area contributed by atoms with Gasteiger partial charge in [-0.05, 0) is 37.3 Å². The number of hydrogen-bond acceptors (Lipinski definition) is 8. The van der Waals surface area contributed by atoms with Crippen LogP contribution in [0.1, 0.15) is 24.8 Å². The number of rotatable bonds is 5. The van der Waals surface area contributed by atoms with Crippen LogP contribution in [-0.4, -0.2) is 37.8 Å². The van der Waals surface area contributed by atoms with Gasteiger partial charge in [-0.15, -0.1) is 0 Å². The molecule has 2 atom stereocenters. The summed E-state index contributed by atoms with van der Waals surface area (Å²) >= 11 is 0. The van der Waals surface area contributed by atoms with E-state index in [2.05, 4.69) is 15.1 Å². The average Bonchev–Trinajstić information content (AvgIpc) is 3.35. The molecule has 0 spiro atoms. The third-order valence-electron chi connectivity index (χ3n) is 6.76. The van der Waals surface area contributed by atoms with E-state index in [1.807, 2.05) is 61.5 Å². The Bertz CT molecular complexity index is 1740. The summed E-state index contributed by atoms with van der Waals surface area (Å²) in [6, 6.07) is 18.7. The fourth-order valence-corrected chi connectivity index (χ4v) is 4.84. The van der Waals surface area contributed by atoms with Gasteiger partial charge in [0.2, 0.25) is 5.82 Å². The van der Waals surface area contributed by atoms with E-state index in [1.165, 1.54) is 30.3 Å². The number of halogens is 2. The van der Waals surface area contributed by atoms with Crippen molar-refractivity contribution in [2.75, 3.05) is 17.7 Å². The Morgan fingerprint density at radius 3 is 2.49 bits per heavy atom. The molecular formula is C28H23F2N7O2. The molecule has 1 unspecified atom stereocenters. The van der Waals surface area contributed by atoms with Gasteiger partial charge in [0.25, 0.3) is 0 Å². The molecule has 1 aliphatic rings. The van der Waals surface area contributed by atoms with Crippen LogP contribution in [0.25, 0.3) is 22.3 Å². The van der Waals surface area contributed by atoms with Crippen LogP contribution in [0.3, 0.4) is 0 Å². The van der Waals surface area contributed by atoms with Crippen LogP contribution in [0.5, 0.6) is 5.75 Å². The predicted octanol–water partition coefficient (Wildman–Crippen LogP) is 5.16. The smallest absolute Gasteiger partial charge is 0.201 e. The zero-order chi connectivity index (χ0) is 27.3. The second kappa shape index (κ2) is 9.44. The summed E-state index contributed by atoms with van der Waals surface area (Å²) in [5.41, 5.74) is 8.40. The first-order valence-corrected chi connectivity index (χ1v) is 12.1. The molecule has 0 fully saturated rings. The number of nitrogen functional groups attached to an aromatic ring is 1. The Hall–Kier alpha value is -4.90. The summed E-state index contributed by atoms with van der Waals surface area (Å²) in [7, 11) is 1.26. The normalized spacial score (nSPS) is 15.7. The number of benzene rings is 3. The molecule has 0 saturated carbocycles. The van der Waals surface area contributed by atoms with Crippen molar-refractivity contribution in [2.24, 2.45) is 4.99 Å². The summed E-state index contributed by atoms with van der Waals surface area (Å²) in [5.74, 6) is -2.00. The Kier molecular flexibility index (Phi) is 5.92. The Balaban J connectivity index is 1.57. The number of aliphatic hydroxyl groups is 1. The number of methoxy groups -OCH3 is 1. The van der Waals surface area contributed by atoms with Gasteiger partial charge in [-0.2, -0.15) is 9.49 Å². The van der Waals surface area contributed by atoms with Crippen molar-refractivity contribution < 1.29 is 18.6 Å². The fraction of sp³-hybridized carbons (Fsp3) is 0.143. The number of nitrogens with two attached hydrogens (primary N) is 1. The van der Waals surface area contributed by atoms with Crippen molar-refractivity contribution in [3.63, 3.8) is 0 Å². The molecule has 0 bridgehead atoms. The number of nitrogens with zero attached hydrogens (tertiary/aromatic N) is 6. The standard InChI is InChI=1S/C28H23F2N7O2/c1-15(26-34-19-11-7-6-10-17(19)28(38)36(26)16-8-4-3-5-9-16)37-27-21(25(31)32-14-33-27)24(35-37)18-12-13-20(39-2)23(30)22(18)29/h3-15,28,38H,1-2H3,(H2,31,32,33)/t15-,28?/m1/s1. The molecule has 5 aromatic rings. The van der Waals surface area contributed by atoms with Gasteiger partial charge in [0.15, 0.2) is 23.4 Å². The lowest BCUT2D eigenvalue weighted by atomic mass is 10.1. The van der Waals surface area contributed by atoms with E-state index in [0.717, 1.165) is 0 Å². The SMILES string of the molecule is COc1ccc(-c2nn([C@H](C)C3=Nc4ccccc4C(O)N3c3ccccc3)c3ncnc(N)c23)c(F)c1F. The van der Waals surface area contributed by atoms with Gasteiger partial charge in [-0.1, -0.05) is 36.4 Å². The largest absolute Gasteiger partial charge is 0.494 e. The summed E-state index contributed by atoms with van der Waals surface area (Å²) in [4.78, 5) is 15.0. The second-order valence-corrected chi connectivity index (χ2v) is 8.98. The molecule has 2 aromatic heterocycles. The minimum atomic E-state index is -1.15. The first-order valence-electron chi connectivity index (χ1n) is 12.1. The van der Waals surface area contributed by atoms with E-state index in [-0.39, 0.29) is 28.2 Å². The molecule has 196 valence electrons. The lowest BCUT2D eigenvalue weighted by molar-refractivity contribution is 0.185. The molecule has 3 heterocycles. The maximum absolute atomic E-state index is 15.2. The number of hydrogen-bond donors (Lipinski definition) is 2. The van der Waals surface area contributed by atoms with Crippen molar-refractivity contribution in [3.8, 4) is 17.0 Å². The van der Waals surface area contributed by atoms with E-state index < -0.39 is 23.9 Å². The zero-order valence-electron chi connectivity index (χ0n) is 21.0. The Morgan fingerprint density at radius 1 is 0.974 bits per heavy atom. The van der Waals surface area contributed by atoms with Crippen molar-refractivity contribution in [1.29, 1.82) is 0 Å². The Morgan fingerprint density at radius 2 is 1.72 bits per heavy atom. The molecule has 6 rings (SSSR count). The molecule has 0 aliphatic carbocycles. The predicted molar refractivity (Wildman–Crippen MR) is 144 cm³/mol. The first kappa shape index (κ1) is 24.4. The van der Waals surface area contributed by atoms with E-state index >= 15 is 4.39 Å². The van der Waals surface area contributed by atoms with Gasteiger partial charge in [-0.25, -0.2) is 24.0 Å². The molecule has 3 aromatic carbocycles. The maximum atomic E-state index is 15.2. The van der Waals surface area contributed by atoms with Crippen molar-refractivity contribution >= 4 is 34.1 Å². The summed E-state index contributed by atoms with van der Waals surface area (Å²) in [6.07, 6.45) is 0.242. The molecule has 9 nitrogen and oxygen atoms in total. The van der Waals surface area contributed by atoms with Crippen LogP contribution in [0, 0.1) is 11.6 Å². The molecule has 0 amide bonds. The van der Waals surface area contributed by atoms with E-state index in [9.17, 15) is 9.50 Å². The number of aliphatic hydroxyl groups excluding tert-OH is 1. The number of para-hydroxylation sites is 2. The van der Waals surface area contributed by atoms with Gasteiger partial charge >= 0.3 is 0 Å². The molecular weight excluding hydrogens is 504 g/mol. The zero-order valence-corrected chi connectivity index (χ0v) is 21.0. The highest BCUT2D eigenvalue weighted by atomic mass is 19.2. The monoisotopic (exact) mass is 527 g/mol. The molecule has 0 radical (unpaired) electrons. The first-order chi connectivity index (χ1) is 18.9. The highest BCUT2D eigenvalue weighted by molar-refractivity contribution is 6.05. The molecule has 1 aliphatic heterocycles. The van der Waals surface area contributed by atoms with Crippen molar-refractivity contribution in [1.82, 2.24) is 19.7 Å². The quantitative estimate of drug-likeness (QED) is 0.324. The third kappa shape index (κ3) is 3.86. The van der Waals surface area contributed by atoms with Gasteiger partial charge < -0.3 is 15.6 Å². The number of aliphatic imine (C=N–C) groups is 1. The van der Waals surface area contributed by atoms with E-state index in [1.54, 1.807) is 4.90 Å². The van der Waals surface area contributed by atoms with Crippen molar-refractivity contribution in [3.05, 3.63) is 90.3 Å². The van der Waals surface area contributed by atoms with Gasteiger partial charge in [0, 0.05) is 16.8 Å². The molecule has 3 N–H and O–H groups in total. The van der Waals surface area contributed by atoms with Crippen LogP contribution in [-0.2, 0) is 0 Å². The number of aromatic nitrogens is 4. The van der Waals surface area contributed by atoms with Gasteiger partial charge in [0.05, 0.1) is 18.2 Å². The van der Waals surface area contributed by atoms with Crippen LogP contribution in [0.15, 0.2) is 78.0 Å². The number of ether oxygens (including phenoxy) is 1. The number of fused-ring (bicyclic) bond motifs is 2. The maximum Gasteiger partial charge on any atom is 0.201 e. The summed E-state index contributed by atoms with van der Waals surface area (Å²) < 4.78 is 36.3. The highest BCUT2D eigenvalue weighted by Crippen LogP contribution is 2.40. The molecule has 39 heavy (non-hydrogen) atoms. The Labute approximate surface area is 221 Å². The minimum Gasteiger partial charge on any atom is -0.494 e. The van der Waals surface area contributed by atoms with E-state index in [0.29, 0.717) is 28.4 Å². The van der Waals surface area contributed by atoms with Gasteiger partial charge in [0.1, 0.15) is 29.7 Å². The van der Waals surface area contributed by atoms with Gasteiger partial charge in [-0.3, -0.25) is 4.90 Å². The van der Waals surface area contributed by atoms with Crippen LogP contribution in [0.4, 0.5) is 26.0 Å². The fourth-order valence-electron chi connectivity index (χ4n) is 4.84. The van der Waals surface area contributed by atoms with Crippen LogP contribution >= 0.6 is 0 Å². The summed E-state index contributed by atoms with van der Waals surface area (Å²) in [5, 5.41) is 16.4. The van der Waals surface area contributed by atoms with Crippen molar-refractivity contribution in [2.45, 2.75) is 19.2 Å². The molecule has 11 heteroatoms. The topological polar surface area (TPSA) is 115 Å². The van der Waals surface area contributed by atoms with E-state index in [4.69, 9.17) is 15.5 Å².